The molecule has 0 amide bonds. The average Bonchev–Trinajstić information content (AvgIpc) is 2.67. The molecule has 0 bridgehead atoms. The van der Waals surface area contributed by atoms with Crippen molar-refractivity contribution in [3.63, 3.8) is 0 Å². The van der Waals surface area contributed by atoms with E-state index < -0.39 is 5.97 Å². The first-order valence-corrected chi connectivity index (χ1v) is 6.91. The molecule has 106 valence electrons. The molecular weight excluding hydrogens is 278 g/mol. The SMILES string of the molecule is Cc1nc(C)c(CCOc2ccc(C(=O)O)c(O)c2)s1. The predicted octanol–water partition coefficient (Wildman–Crippen LogP) is 2.79. The summed E-state index contributed by atoms with van der Waals surface area (Å²) in [5, 5.41) is 19.4. The molecule has 0 aliphatic rings. The van der Waals surface area contributed by atoms with Crippen molar-refractivity contribution in [2.75, 3.05) is 6.61 Å². The summed E-state index contributed by atoms with van der Waals surface area (Å²) >= 11 is 1.64. The number of rotatable bonds is 5. The molecule has 0 atom stereocenters. The first kappa shape index (κ1) is 14.3. The number of carbonyl (C=O) groups is 1. The maximum Gasteiger partial charge on any atom is 0.339 e. The molecule has 2 rings (SSSR count). The van der Waals surface area contributed by atoms with Crippen LogP contribution >= 0.6 is 11.3 Å². The lowest BCUT2D eigenvalue weighted by Gasteiger charge is -2.07. The van der Waals surface area contributed by atoms with E-state index in [1.807, 2.05) is 13.8 Å². The van der Waals surface area contributed by atoms with E-state index in [2.05, 4.69) is 4.98 Å². The number of hydrogen-bond donors (Lipinski definition) is 2. The fourth-order valence-electron chi connectivity index (χ4n) is 1.85. The van der Waals surface area contributed by atoms with Gasteiger partial charge < -0.3 is 14.9 Å². The largest absolute Gasteiger partial charge is 0.507 e. The molecule has 0 saturated carbocycles. The number of carboxylic acid groups (broad SMARTS) is 1. The molecule has 1 heterocycles. The zero-order valence-corrected chi connectivity index (χ0v) is 12.0. The van der Waals surface area contributed by atoms with E-state index in [9.17, 15) is 9.90 Å². The molecule has 0 aliphatic carbocycles. The zero-order chi connectivity index (χ0) is 14.7. The number of ether oxygens (including phenoxy) is 1. The van der Waals surface area contributed by atoms with Crippen LogP contribution in [-0.2, 0) is 6.42 Å². The van der Waals surface area contributed by atoms with Gasteiger partial charge in [0, 0.05) is 17.4 Å². The monoisotopic (exact) mass is 293 g/mol. The number of aromatic nitrogens is 1. The number of thiazole rings is 1. The zero-order valence-electron chi connectivity index (χ0n) is 11.2. The van der Waals surface area contributed by atoms with Crippen LogP contribution in [0.4, 0.5) is 0 Å². The lowest BCUT2D eigenvalue weighted by atomic mass is 10.2. The van der Waals surface area contributed by atoms with Gasteiger partial charge in [-0.3, -0.25) is 0 Å². The van der Waals surface area contributed by atoms with Crippen LogP contribution in [0.15, 0.2) is 18.2 Å². The van der Waals surface area contributed by atoms with Crippen LogP contribution in [0.3, 0.4) is 0 Å². The highest BCUT2D eigenvalue weighted by atomic mass is 32.1. The van der Waals surface area contributed by atoms with Gasteiger partial charge in [0.05, 0.1) is 17.3 Å². The minimum Gasteiger partial charge on any atom is -0.507 e. The van der Waals surface area contributed by atoms with Gasteiger partial charge in [0.25, 0.3) is 0 Å². The number of hydrogen-bond acceptors (Lipinski definition) is 5. The first-order chi connectivity index (χ1) is 9.47. The number of benzene rings is 1. The Morgan fingerprint density at radius 2 is 2.15 bits per heavy atom. The summed E-state index contributed by atoms with van der Waals surface area (Å²) in [4.78, 5) is 16.3. The van der Waals surface area contributed by atoms with Gasteiger partial charge in [0.15, 0.2) is 0 Å². The molecule has 20 heavy (non-hydrogen) atoms. The normalized spacial score (nSPS) is 10.5. The van der Waals surface area contributed by atoms with Crippen molar-refractivity contribution < 1.29 is 19.7 Å². The Bertz CT molecular complexity index is 636. The topological polar surface area (TPSA) is 79.7 Å². The van der Waals surface area contributed by atoms with E-state index >= 15 is 0 Å². The molecule has 0 aliphatic heterocycles. The minimum absolute atomic E-state index is 0.133. The maximum absolute atomic E-state index is 10.8. The summed E-state index contributed by atoms with van der Waals surface area (Å²) in [5.74, 6) is -1.00. The smallest absolute Gasteiger partial charge is 0.339 e. The number of aryl methyl sites for hydroxylation is 2. The van der Waals surface area contributed by atoms with Gasteiger partial charge in [-0.25, -0.2) is 9.78 Å². The van der Waals surface area contributed by atoms with Gasteiger partial charge in [-0.05, 0) is 26.0 Å². The van der Waals surface area contributed by atoms with Gasteiger partial charge in [0.1, 0.15) is 17.1 Å². The Morgan fingerprint density at radius 3 is 2.70 bits per heavy atom. The lowest BCUT2D eigenvalue weighted by molar-refractivity contribution is 0.0693. The highest BCUT2D eigenvalue weighted by molar-refractivity contribution is 7.11. The van der Waals surface area contributed by atoms with Crippen LogP contribution in [0.5, 0.6) is 11.5 Å². The summed E-state index contributed by atoms with van der Waals surface area (Å²) < 4.78 is 5.52. The molecule has 0 fully saturated rings. The molecule has 0 unspecified atom stereocenters. The number of aromatic hydroxyl groups is 1. The molecule has 6 heteroatoms. The molecular formula is C14H15NO4S. The standard InChI is InChI=1S/C14H15NO4S/c1-8-13(20-9(2)15-8)5-6-19-10-3-4-11(14(17)18)12(16)7-10/h3-4,7,16H,5-6H2,1-2H3,(H,17,18). The molecule has 0 radical (unpaired) electrons. The first-order valence-electron chi connectivity index (χ1n) is 6.09. The van der Waals surface area contributed by atoms with Crippen LogP contribution in [0, 0.1) is 13.8 Å². The third kappa shape index (κ3) is 3.27. The molecule has 2 aromatic rings. The van der Waals surface area contributed by atoms with Crippen molar-refractivity contribution in [2.24, 2.45) is 0 Å². The lowest BCUT2D eigenvalue weighted by Crippen LogP contribution is -2.02. The second-order valence-corrected chi connectivity index (χ2v) is 5.61. The van der Waals surface area contributed by atoms with Crippen molar-refractivity contribution >= 4 is 17.3 Å². The van der Waals surface area contributed by atoms with Crippen molar-refractivity contribution in [1.29, 1.82) is 0 Å². The van der Waals surface area contributed by atoms with E-state index in [1.165, 1.54) is 23.1 Å². The Labute approximate surface area is 120 Å². The molecule has 2 N–H and O–H groups in total. The molecule has 0 spiro atoms. The number of nitrogens with zero attached hydrogens (tertiary/aromatic N) is 1. The highest BCUT2D eigenvalue weighted by Crippen LogP contribution is 2.24. The average molecular weight is 293 g/mol. The van der Waals surface area contributed by atoms with Crippen LogP contribution in [0.1, 0.15) is 25.9 Å². The summed E-state index contributed by atoms with van der Waals surface area (Å²) in [6.45, 7) is 4.38. The maximum atomic E-state index is 10.8. The van der Waals surface area contributed by atoms with Gasteiger partial charge in [0.2, 0.25) is 0 Å². The Morgan fingerprint density at radius 1 is 1.40 bits per heavy atom. The van der Waals surface area contributed by atoms with Crippen LogP contribution in [0.25, 0.3) is 0 Å². The summed E-state index contributed by atoms with van der Waals surface area (Å²) in [6.07, 6.45) is 0.735. The highest BCUT2D eigenvalue weighted by Gasteiger charge is 2.10. The molecule has 5 nitrogen and oxygen atoms in total. The fourth-order valence-corrected chi connectivity index (χ4v) is 2.77. The fraction of sp³-hybridized carbons (Fsp3) is 0.286. The van der Waals surface area contributed by atoms with E-state index in [-0.39, 0.29) is 11.3 Å². The predicted molar refractivity (Wildman–Crippen MR) is 75.9 cm³/mol. The molecule has 0 saturated heterocycles. The summed E-state index contributed by atoms with van der Waals surface area (Å²) in [7, 11) is 0. The Balaban J connectivity index is 1.96. The van der Waals surface area contributed by atoms with Crippen molar-refractivity contribution in [3.05, 3.63) is 39.3 Å². The van der Waals surface area contributed by atoms with Crippen molar-refractivity contribution in [2.45, 2.75) is 20.3 Å². The van der Waals surface area contributed by atoms with Crippen LogP contribution < -0.4 is 4.74 Å². The van der Waals surface area contributed by atoms with E-state index in [4.69, 9.17) is 9.84 Å². The Hall–Kier alpha value is -2.08. The van der Waals surface area contributed by atoms with Crippen molar-refractivity contribution in [3.8, 4) is 11.5 Å². The third-order valence-electron chi connectivity index (χ3n) is 2.80. The second-order valence-electron chi connectivity index (χ2n) is 4.32. The summed E-state index contributed by atoms with van der Waals surface area (Å²) in [6, 6.07) is 4.18. The van der Waals surface area contributed by atoms with Gasteiger partial charge in [-0.1, -0.05) is 0 Å². The quantitative estimate of drug-likeness (QED) is 0.886. The van der Waals surface area contributed by atoms with Gasteiger partial charge in [-0.2, -0.15) is 0 Å². The molecule has 1 aromatic carbocycles. The van der Waals surface area contributed by atoms with Crippen LogP contribution in [-0.4, -0.2) is 27.8 Å². The van der Waals surface area contributed by atoms with E-state index in [0.29, 0.717) is 12.4 Å². The Kier molecular flexibility index (Phi) is 4.24. The summed E-state index contributed by atoms with van der Waals surface area (Å²) in [5.41, 5.74) is 0.881. The van der Waals surface area contributed by atoms with Crippen molar-refractivity contribution in [1.82, 2.24) is 4.98 Å². The van der Waals surface area contributed by atoms with Crippen LogP contribution in [0.2, 0.25) is 0 Å². The number of carboxylic acids is 1. The molecule has 1 aromatic heterocycles. The second kappa shape index (κ2) is 5.92. The van der Waals surface area contributed by atoms with Gasteiger partial charge >= 0.3 is 5.97 Å². The van der Waals surface area contributed by atoms with Gasteiger partial charge in [-0.15, -0.1) is 11.3 Å². The number of aromatic carboxylic acids is 1. The van der Waals surface area contributed by atoms with E-state index in [1.54, 1.807) is 11.3 Å². The van der Waals surface area contributed by atoms with E-state index in [0.717, 1.165) is 17.1 Å². The number of phenols is 1. The third-order valence-corrected chi connectivity index (χ3v) is 3.93. The minimum atomic E-state index is -1.16.